The van der Waals surface area contributed by atoms with E-state index in [0.717, 1.165) is 17.0 Å². The molecule has 0 spiro atoms. The number of nitrogens with zero attached hydrogens (tertiary/aromatic N) is 4. The first kappa shape index (κ1) is 19.0. The summed E-state index contributed by atoms with van der Waals surface area (Å²) < 4.78 is 13.5. The van der Waals surface area contributed by atoms with Crippen LogP contribution in [0.4, 0.5) is 11.5 Å². The molecule has 134 valence electrons. The monoisotopic (exact) mass is 451 g/mol. The van der Waals surface area contributed by atoms with E-state index in [0.29, 0.717) is 21.3 Å². The van der Waals surface area contributed by atoms with Gasteiger partial charge in [0.05, 0.1) is 27.7 Å². The topological polar surface area (TPSA) is 80.7 Å². The van der Waals surface area contributed by atoms with Gasteiger partial charge in [0, 0.05) is 23.3 Å². The summed E-state index contributed by atoms with van der Waals surface area (Å²) in [7, 11) is -2.58. The summed E-state index contributed by atoms with van der Waals surface area (Å²) in [6.07, 6.45) is 4.97. The standard InChI is InChI=1S/C17H16BrClN5OP/c1-10-7-21-14(9-20-10)11-4-5-13(15(6-11)26(2,3)25)23-16-12(18)8-22-17(19)24-16/h4-9H,1-3H3,(H,22,23,24). The van der Waals surface area contributed by atoms with Crippen LogP contribution in [0.1, 0.15) is 5.69 Å². The Morgan fingerprint density at radius 1 is 1.12 bits per heavy atom. The Balaban J connectivity index is 2.07. The normalized spacial score (nSPS) is 11.4. The lowest BCUT2D eigenvalue weighted by atomic mass is 10.1. The number of hydrogen-bond acceptors (Lipinski definition) is 6. The number of rotatable bonds is 4. The maximum atomic E-state index is 12.9. The molecule has 0 aliphatic heterocycles. The number of aromatic nitrogens is 4. The SMILES string of the molecule is Cc1cnc(-c2ccc(Nc3nc(Cl)ncc3Br)c(P(C)(C)=O)c2)cn1. The van der Waals surface area contributed by atoms with Crippen LogP contribution in [0.15, 0.2) is 41.3 Å². The maximum absolute atomic E-state index is 12.9. The van der Waals surface area contributed by atoms with E-state index in [2.05, 4.69) is 41.2 Å². The summed E-state index contributed by atoms with van der Waals surface area (Å²) in [5.74, 6) is 0.502. The summed E-state index contributed by atoms with van der Waals surface area (Å²) >= 11 is 9.27. The molecule has 0 atom stereocenters. The fourth-order valence-corrected chi connectivity index (χ4v) is 3.93. The van der Waals surface area contributed by atoms with Gasteiger partial charge in [0.25, 0.3) is 0 Å². The highest BCUT2D eigenvalue weighted by Crippen LogP contribution is 2.40. The van der Waals surface area contributed by atoms with Crippen molar-refractivity contribution in [3.63, 3.8) is 0 Å². The van der Waals surface area contributed by atoms with Crippen molar-refractivity contribution in [3.8, 4) is 11.3 Å². The fourth-order valence-electron chi connectivity index (χ4n) is 2.34. The second-order valence-electron chi connectivity index (χ2n) is 6.09. The van der Waals surface area contributed by atoms with Gasteiger partial charge in [0.2, 0.25) is 5.28 Å². The molecule has 0 saturated heterocycles. The zero-order valence-electron chi connectivity index (χ0n) is 14.4. The van der Waals surface area contributed by atoms with Gasteiger partial charge in [-0.1, -0.05) is 6.07 Å². The molecule has 6 nitrogen and oxygen atoms in total. The van der Waals surface area contributed by atoms with Crippen LogP contribution in [0.2, 0.25) is 5.28 Å². The molecule has 0 unspecified atom stereocenters. The van der Waals surface area contributed by atoms with Crippen molar-refractivity contribution in [2.75, 3.05) is 18.6 Å². The highest BCUT2D eigenvalue weighted by molar-refractivity contribution is 9.10. The molecule has 0 fully saturated rings. The maximum Gasteiger partial charge on any atom is 0.224 e. The first-order chi connectivity index (χ1) is 12.2. The van der Waals surface area contributed by atoms with Crippen molar-refractivity contribution < 1.29 is 4.57 Å². The Labute approximate surface area is 165 Å². The molecule has 9 heteroatoms. The zero-order chi connectivity index (χ0) is 18.9. The van der Waals surface area contributed by atoms with E-state index in [9.17, 15) is 4.57 Å². The Hall–Kier alpha value is -1.82. The first-order valence-corrected chi connectivity index (χ1v) is 11.4. The van der Waals surface area contributed by atoms with Gasteiger partial charge >= 0.3 is 0 Å². The van der Waals surface area contributed by atoms with Crippen LogP contribution in [0.5, 0.6) is 0 Å². The molecule has 0 amide bonds. The number of halogens is 2. The van der Waals surface area contributed by atoms with E-state index in [1.54, 1.807) is 31.9 Å². The number of nitrogens with one attached hydrogen (secondary N) is 1. The highest BCUT2D eigenvalue weighted by atomic mass is 79.9. The lowest BCUT2D eigenvalue weighted by Crippen LogP contribution is -2.11. The molecule has 2 aromatic heterocycles. The van der Waals surface area contributed by atoms with Crippen molar-refractivity contribution in [1.82, 2.24) is 19.9 Å². The first-order valence-electron chi connectivity index (χ1n) is 7.68. The minimum atomic E-state index is -2.58. The van der Waals surface area contributed by atoms with E-state index in [1.807, 2.05) is 25.1 Å². The molecule has 3 aromatic rings. The molecule has 0 saturated carbocycles. The van der Waals surface area contributed by atoms with Gasteiger partial charge in [0.1, 0.15) is 13.0 Å². The molecule has 3 rings (SSSR count). The van der Waals surface area contributed by atoms with Gasteiger partial charge in [-0.05, 0) is 59.9 Å². The molecule has 0 aliphatic carbocycles. The van der Waals surface area contributed by atoms with Crippen LogP contribution in [0, 0.1) is 6.92 Å². The van der Waals surface area contributed by atoms with Crippen LogP contribution < -0.4 is 10.6 Å². The molecular formula is C17H16BrClN5OP. The van der Waals surface area contributed by atoms with Crippen LogP contribution in [-0.4, -0.2) is 33.3 Å². The Morgan fingerprint density at radius 2 is 1.88 bits per heavy atom. The Morgan fingerprint density at radius 3 is 2.54 bits per heavy atom. The van der Waals surface area contributed by atoms with Crippen LogP contribution >= 0.6 is 34.7 Å². The van der Waals surface area contributed by atoms with E-state index in [-0.39, 0.29) is 5.28 Å². The summed E-state index contributed by atoms with van der Waals surface area (Å²) in [5, 5.41) is 4.00. The lowest BCUT2D eigenvalue weighted by molar-refractivity contribution is 0.588. The fraction of sp³-hybridized carbons (Fsp3) is 0.176. The molecule has 1 aromatic carbocycles. The number of anilines is 2. The van der Waals surface area contributed by atoms with Gasteiger partial charge in [-0.3, -0.25) is 9.97 Å². The van der Waals surface area contributed by atoms with Gasteiger partial charge < -0.3 is 9.88 Å². The van der Waals surface area contributed by atoms with E-state index < -0.39 is 7.14 Å². The van der Waals surface area contributed by atoms with E-state index >= 15 is 0 Å². The average molecular weight is 453 g/mol. The Bertz CT molecular complexity index is 1010. The van der Waals surface area contributed by atoms with Gasteiger partial charge in [0.15, 0.2) is 0 Å². The molecule has 26 heavy (non-hydrogen) atoms. The highest BCUT2D eigenvalue weighted by Gasteiger charge is 2.19. The average Bonchev–Trinajstić information content (AvgIpc) is 2.58. The quantitative estimate of drug-likeness (QED) is 0.458. The summed E-state index contributed by atoms with van der Waals surface area (Å²) in [5.41, 5.74) is 3.11. The minimum absolute atomic E-state index is 0.125. The summed E-state index contributed by atoms with van der Waals surface area (Å²) in [6, 6.07) is 5.63. The predicted molar refractivity (Wildman–Crippen MR) is 109 cm³/mol. The van der Waals surface area contributed by atoms with Gasteiger partial charge in [-0.15, -0.1) is 0 Å². The van der Waals surface area contributed by atoms with Crippen molar-refractivity contribution in [2.45, 2.75) is 6.92 Å². The molecular weight excluding hydrogens is 437 g/mol. The predicted octanol–water partition coefficient (Wildman–Crippen LogP) is 4.65. The van der Waals surface area contributed by atoms with Crippen molar-refractivity contribution in [1.29, 1.82) is 0 Å². The van der Waals surface area contributed by atoms with Gasteiger partial charge in [-0.2, -0.15) is 4.98 Å². The molecule has 0 bridgehead atoms. The second-order valence-corrected chi connectivity index (χ2v) is 10.5. The lowest BCUT2D eigenvalue weighted by Gasteiger charge is -2.17. The summed E-state index contributed by atoms with van der Waals surface area (Å²) in [6.45, 7) is 5.33. The number of aryl methyl sites for hydroxylation is 1. The number of benzene rings is 1. The van der Waals surface area contributed by atoms with E-state index in [1.165, 1.54) is 0 Å². The molecule has 1 N–H and O–H groups in total. The number of hydrogen-bond donors (Lipinski definition) is 1. The minimum Gasteiger partial charge on any atom is -0.339 e. The largest absolute Gasteiger partial charge is 0.339 e. The van der Waals surface area contributed by atoms with Crippen LogP contribution in [-0.2, 0) is 4.57 Å². The summed E-state index contributed by atoms with van der Waals surface area (Å²) in [4.78, 5) is 16.7. The molecule has 0 radical (unpaired) electrons. The third-order valence-corrected chi connectivity index (χ3v) is 5.92. The third-order valence-electron chi connectivity index (χ3n) is 3.62. The Kier molecular flexibility index (Phi) is 5.42. The smallest absolute Gasteiger partial charge is 0.224 e. The van der Waals surface area contributed by atoms with Crippen LogP contribution in [0.3, 0.4) is 0 Å². The molecule has 0 aliphatic rings. The van der Waals surface area contributed by atoms with Crippen molar-refractivity contribution >= 4 is 51.5 Å². The van der Waals surface area contributed by atoms with Crippen molar-refractivity contribution in [3.05, 3.63) is 52.2 Å². The van der Waals surface area contributed by atoms with Crippen molar-refractivity contribution in [2.24, 2.45) is 0 Å². The zero-order valence-corrected chi connectivity index (χ0v) is 17.6. The second kappa shape index (κ2) is 7.43. The molecule has 2 heterocycles. The third kappa shape index (κ3) is 4.29. The van der Waals surface area contributed by atoms with E-state index in [4.69, 9.17) is 11.6 Å². The van der Waals surface area contributed by atoms with Gasteiger partial charge in [-0.25, -0.2) is 4.98 Å². The van der Waals surface area contributed by atoms with Crippen LogP contribution in [0.25, 0.3) is 11.3 Å².